The van der Waals surface area contributed by atoms with Gasteiger partial charge < -0.3 is 15.2 Å². The average molecular weight is 303 g/mol. The quantitative estimate of drug-likeness (QED) is 0.822. The summed E-state index contributed by atoms with van der Waals surface area (Å²) in [6.07, 6.45) is 1.65. The Labute approximate surface area is 129 Å². The number of ether oxygens (including phenoxy) is 1. The van der Waals surface area contributed by atoms with Crippen LogP contribution in [0.3, 0.4) is 0 Å². The first-order valence-electron chi connectivity index (χ1n) is 7.19. The van der Waals surface area contributed by atoms with Gasteiger partial charge in [-0.25, -0.2) is 4.79 Å². The third-order valence-electron chi connectivity index (χ3n) is 3.05. The highest BCUT2D eigenvalue weighted by molar-refractivity contribution is 5.91. The summed E-state index contributed by atoms with van der Waals surface area (Å²) in [6.45, 7) is 5.30. The van der Waals surface area contributed by atoms with Gasteiger partial charge in [-0.1, -0.05) is 32.0 Å². The van der Waals surface area contributed by atoms with Crippen LogP contribution in [0.5, 0.6) is 5.75 Å². The minimum Gasteiger partial charge on any atom is -0.493 e. The van der Waals surface area contributed by atoms with Crippen LogP contribution in [0.4, 0.5) is 5.69 Å². The number of carboxylic acid groups (broad SMARTS) is 1. The zero-order valence-corrected chi connectivity index (χ0v) is 13.0. The first kappa shape index (κ1) is 15.9. The van der Waals surface area contributed by atoms with E-state index in [1.807, 2.05) is 24.3 Å². The summed E-state index contributed by atoms with van der Waals surface area (Å²) in [6, 6.07) is 7.73. The molecule has 1 aromatic heterocycles. The average Bonchev–Trinajstić information content (AvgIpc) is 2.85. The molecular weight excluding hydrogens is 282 g/mol. The number of hydrogen-bond donors (Lipinski definition) is 2. The van der Waals surface area contributed by atoms with Crippen LogP contribution in [-0.2, 0) is 13.6 Å². The zero-order chi connectivity index (χ0) is 16.1. The molecule has 0 aliphatic rings. The third kappa shape index (κ3) is 4.00. The van der Waals surface area contributed by atoms with E-state index in [1.165, 1.54) is 4.68 Å². The molecule has 0 spiro atoms. The van der Waals surface area contributed by atoms with Crippen molar-refractivity contribution in [2.24, 2.45) is 13.0 Å². The van der Waals surface area contributed by atoms with E-state index < -0.39 is 5.97 Å². The van der Waals surface area contributed by atoms with Crippen molar-refractivity contribution in [1.29, 1.82) is 0 Å². The maximum atomic E-state index is 11.2. The highest BCUT2D eigenvalue weighted by Crippen LogP contribution is 2.21. The van der Waals surface area contributed by atoms with Gasteiger partial charge in [0.2, 0.25) is 0 Å². The van der Waals surface area contributed by atoms with Gasteiger partial charge in [-0.15, -0.1) is 0 Å². The van der Waals surface area contributed by atoms with Crippen LogP contribution in [-0.4, -0.2) is 27.5 Å². The number of carbonyl (C=O) groups is 1. The molecule has 6 nitrogen and oxygen atoms in total. The minimum atomic E-state index is -1.05. The number of nitrogens with one attached hydrogen (secondary N) is 1. The lowest BCUT2D eigenvalue weighted by Gasteiger charge is -2.13. The van der Waals surface area contributed by atoms with Gasteiger partial charge in [0.25, 0.3) is 0 Å². The van der Waals surface area contributed by atoms with E-state index in [1.54, 1.807) is 13.2 Å². The molecule has 2 aromatic rings. The standard InChI is InChI=1S/C16H21N3O3/c1-11(2)10-22-14-7-5-4-6-12(14)8-17-13-9-19(3)18-15(13)16(20)21/h4-7,9,11,17H,8,10H2,1-3H3,(H,20,21). The normalized spacial score (nSPS) is 10.7. The lowest BCUT2D eigenvalue weighted by atomic mass is 10.2. The topological polar surface area (TPSA) is 76.4 Å². The maximum Gasteiger partial charge on any atom is 0.358 e. The van der Waals surface area contributed by atoms with Crippen molar-refractivity contribution in [3.05, 3.63) is 41.7 Å². The summed E-state index contributed by atoms with van der Waals surface area (Å²) in [5.74, 6) is 0.204. The molecule has 0 aliphatic heterocycles. The number of aryl methyl sites for hydroxylation is 1. The highest BCUT2D eigenvalue weighted by atomic mass is 16.5. The van der Waals surface area contributed by atoms with Crippen LogP contribution < -0.4 is 10.1 Å². The zero-order valence-electron chi connectivity index (χ0n) is 13.0. The number of rotatable bonds is 7. The van der Waals surface area contributed by atoms with Crippen molar-refractivity contribution in [1.82, 2.24) is 9.78 Å². The molecular formula is C16H21N3O3. The molecule has 0 fully saturated rings. The molecule has 2 N–H and O–H groups in total. The smallest absolute Gasteiger partial charge is 0.358 e. The van der Waals surface area contributed by atoms with Gasteiger partial charge in [0.05, 0.1) is 12.3 Å². The highest BCUT2D eigenvalue weighted by Gasteiger charge is 2.15. The predicted octanol–water partition coefficient (Wildman–Crippen LogP) is 2.77. The van der Waals surface area contributed by atoms with Crippen molar-refractivity contribution >= 4 is 11.7 Å². The summed E-state index contributed by atoms with van der Waals surface area (Å²) < 4.78 is 7.27. The minimum absolute atomic E-state index is 0.0167. The van der Waals surface area contributed by atoms with Crippen molar-refractivity contribution in [3.8, 4) is 5.75 Å². The largest absolute Gasteiger partial charge is 0.493 e. The number of carboxylic acids is 1. The Morgan fingerprint density at radius 1 is 1.41 bits per heavy atom. The first-order chi connectivity index (χ1) is 10.5. The molecule has 118 valence electrons. The van der Waals surface area contributed by atoms with Crippen LogP contribution in [0.25, 0.3) is 0 Å². The van der Waals surface area contributed by atoms with Crippen molar-refractivity contribution < 1.29 is 14.6 Å². The molecule has 0 atom stereocenters. The van der Waals surface area contributed by atoms with Gasteiger partial charge in [0.1, 0.15) is 5.75 Å². The molecule has 6 heteroatoms. The molecule has 1 aromatic carbocycles. The number of aromatic nitrogens is 2. The van der Waals surface area contributed by atoms with Crippen LogP contribution in [0.2, 0.25) is 0 Å². The van der Waals surface area contributed by atoms with Crippen molar-refractivity contribution in [2.75, 3.05) is 11.9 Å². The summed E-state index contributed by atoms with van der Waals surface area (Å²) in [7, 11) is 1.69. The second-order valence-corrected chi connectivity index (χ2v) is 5.54. The van der Waals surface area contributed by atoms with Crippen molar-refractivity contribution in [3.63, 3.8) is 0 Å². The molecule has 0 saturated carbocycles. The Hall–Kier alpha value is -2.50. The lowest BCUT2D eigenvalue weighted by Crippen LogP contribution is -2.09. The van der Waals surface area contributed by atoms with Crippen LogP contribution in [0.15, 0.2) is 30.5 Å². The molecule has 0 amide bonds. The Morgan fingerprint density at radius 3 is 2.82 bits per heavy atom. The van der Waals surface area contributed by atoms with E-state index in [2.05, 4.69) is 24.3 Å². The molecule has 1 heterocycles. The number of nitrogens with zero attached hydrogens (tertiary/aromatic N) is 2. The van der Waals surface area contributed by atoms with E-state index in [4.69, 9.17) is 9.84 Å². The predicted molar refractivity (Wildman–Crippen MR) is 84.3 cm³/mol. The van der Waals surface area contributed by atoms with Crippen LogP contribution >= 0.6 is 0 Å². The van der Waals surface area contributed by atoms with Crippen molar-refractivity contribution in [2.45, 2.75) is 20.4 Å². The lowest BCUT2D eigenvalue weighted by molar-refractivity contribution is 0.0690. The fourth-order valence-electron chi connectivity index (χ4n) is 2.01. The number of anilines is 1. The molecule has 0 unspecified atom stereocenters. The number of benzene rings is 1. The fraction of sp³-hybridized carbons (Fsp3) is 0.375. The molecule has 0 bridgehead atoms. The molecule has 0 radical (unpaired) electrons. The summed E-state index contributed by atoms with van der Waals surface area (Å²) in [5.41, 5.74) is 1.49. The van der Waals surface area contributed by atoms with Gasteiger partial charge in [-0.05, 0) is 12.0 Å². The van der Waals surface area contributed by atoms with E-state index in [9.17, 15) is 4.79 Å². The first-order valence-corrected chi connectivity index (χ1v) is 7.19. The van der Waals surface area contributed by atoms with Crippen LogP contribution in [0, 0.1) is 5.92 Å². The van der Waals surface area contributed by atoms with E-state index in [-0.39, 0.29) is 5.69 Å². The van der Waals surface area contributed by atoms with Gasteiger partial charge in [-0.2, -0.15) is 5.10 Å². The monoisotopic (exact) mass is 303 g/mol. The second-order valence-electron chi connectivity index (χ2n) is 5.54. The van der Waals surface area contributed by atoms with Gasteiger partial charge >= 0.3 is 5.97 Å². The molecule has 0 aliphatic carbocycles. The maximum absolute atomic E-state index is 11.2. The Balaban J connectivity index is 2.10. The van der Waals surface area contributed by atoms with Crippen LogP contribution in [0.1, 0.15) is 29.9 Å². The molecule has 22 heavy (non-hydrogen) atoms. The number of hydrogen-bond acceptors (Lipinski definition) is 4. The summed E-state index contributed by atoms with van der Waals surface area (Å²) in [4.78, 5) is 11.2. The molecule has 0 saturated heterocycles. The number of aromatic carboxylic acids is 1. The second kappa shape index (κ2) is 6.98. The molecule has 2 rings (SSSR count). The Kier molecular flexibility index (Phi) is 5.04. The summed E-state index contributed by atoms with van der Waals surface area (Å²) in [5, 5.41) is 16.2. The summed E-state index contributed by atoms with van der Waals surface area (Å²) >= 11 is 0. The van der Waals surface area contributed by atoms with E-state index in [0.29, 0.717) is 24.8 Å². The number of para-hydroxylation sites is 1. The fourth-order valence-corrected chi connectivity index (χ4v) is 2.01. The Morgan fingerprint density at radius 2 is 2.14 bits per heavy atom. The third-order valence-corrected chi connectivity index (χ3v) is 3.05. The van der Waals surface area contributed by atoms with E-state index in [0.717, 1.165) is 11.3 Å². The van der Waals surface area contributed by atoms with Gasteiger partial charge in [0, 0.05) is 25.4 Å². The Bertz CT molecular complexity index is 650. The SMILES string of the molecule is CC(C)COc1ccccc1CNc1cn(C)nc1C(=O)O. The van der Waals surface area contributed by atoms with Gasteiger partial charge in [0.15, 0.2) is 5.69 Å². The van der Waals surface area contributed by atoms with E-state index >= 15 is 0 Å². The van der Waals surface area contributed by atoms with Gasteiger partial charge in [-0.3, -0.25) is 4.68 Å².